The molecule has 0 rings (SSSR count). The minimum atomic E-state index is 0.513. The van der Waals surface area contributed by atoms with Crippen molar-refractivity contribution < 1.29 is 4.79 Å². The molecule has 0 heterocycles. The second-order valence-corrected chi connectivity index (χ2v) is 4.32. The predicted octanol–water partition coefficient (Wildman–Crippen LogP) is 2.68. The molecule has 2 nitrogen and oxygen atoms in total. The van der Waals surface area contributed by atoms with Crippen molar-refractivity contribution in [1.29, 1.82) is 0 Å². The zero-order valence-electron chi connectivity index (χ0n) is 9.81. The smallest absolute Gasteiger partial charge is 0.198 e. The summed E-state index contributed by atoms with van der Waals surface area (Å²) in [6, 6.07) is 0.513. The molecule has 1 unspecified atom stereocenters. The molecule has 1 N–H and O–H groups in total. The van der Waals surface area contributed by atoms with Gasteiger partial charge in [0.25, 0.3) is 0 Å². The highest BCUT2D eigenvalue weighted by Gasteiger charge is 2.07. The summed E-state index contributed by atoms with van der Waals surface area (Å²) in [5.41, 5.74) is 0. The van der Waals surface area contributed by atoms with Crippen LogP contribution in [0.15, 0.2) is 0 Å². The molecule has 0 bridgehead atoms. The fourth-order valence-corrected chi connectivity index (χ4v) is 1.43. The molecule has 0 aromatic rings. The van der Waals surface area contributed by atoms with Gasteiger partial charge in [-0.25, -0.2) is 0 Å². The lowest BCUT2D eigenvalue weighted by atomic mass is 10.0. The lowest BCUT2D eigenvalue weighted by molar-refractivity contribution is 0.412. The number of hydrogen-bond donors (Lipinski definition) is 1. The van der Waals surface area contributed by atoms with Crippen LogP contribution in [0.25, 0.3) is 0 Å². The molecule has 1 atom stereocenters. The summed E-state index contributed by atoms with van der Waals surface area (Å²) in [6.07, 6.45) is 7.14. The highest BCUT2D eigenvalue weighted by atomic mass is 16.1. The van der Waals surface area contributed by atoms with Crippen LogP contribution in [0, 0.1) is 5.92 Å². The molecule has 0 spiro atoms. The molecule has 0 aromatic carbocycles. The molecule has 2 heteroatoms. The monoisotopic (exact) mass is 198 g/mol. The van der Waals surface area contributed by atoms with E-state index in [0.717, 1.165) is 13.0 Å². The van der Waals surface area contributed by atoms with Gasteiger partial charge in [0.15, 0.2) is 6.29 Å². The fraction of sp³-hybridized carbons (Fsp3) is 0.917. The Morgan fingerprint density at radius 3 is 2.50 bits per heavy atom. The average Bonchev–Trinajstić information content (AvgIpc) is 2.16. The summed E-state index contributed by atoms with van der Waals surface area (Å²) < 4.78 is 0. The normalized spacial score (nSPS) is 13.1. The second-order valence-electron chi connectivity index (χ2n) is 4.32. The Labute approximate surface area is 88.5 Å². The van der Waals surface area contributed by atoms with Crippen LogP contribution >= 0.6 is 0 Å². The van der Waals surface area contributed by atoms with Crippen LogP contribution in [-0.4, -0.2) is 18.9 Å². The first-order valence-corrected chi connectivity index (χ1v) is 5.79. The fourth-order valence-electron chi connectivity index (χ4n) is 1.43. The zero-order chi connectivity index (χ0) is 10.8. The largest absolute Gasteiger partial charge is 0.314 e. The molecule has 14 heavy (non-hydrogen) atoms. The van der Waals surface area contributed by atoms with Crippen molar-refractivity contribution in [2.24, 2.45) is 5.92 Å². The van der Waals surface area contributed by atoms with E-state index in [0.29, 0.717) is 18.4 Å². The van der Waals surface area contributed by atoms with Gasteiger partial charge in [0, 0.05) is 12.5 Å². The Morgan fingerprint density at radius 2 is 2.00 bits per heavy atom. The van der Waals surface area contributed by atoms with Crippen LogP contribution < -0.4 is 5.32 Å². The molecule has 0 amide bonds. The predicted molar refractivity (Wildman–Crippen MR) is 61.1 cm³/mol. The van der Waals surface area contributed by atoms with E-state index in [2.05, 4.69) is 26.1 Å². The first kappa shape index (κ1) is 13.6. The van der Waals surface area contributed by atoms with Crippen molar-refractivity contribution in [3.63, 3.8) is 0 Å². The van der Waals surface area contributed by atoms with Gasteiger partial charge in [-0.3, -0.25) is 4.79 Å². The maximum atomic E-state index is 10.2. The summed E-state index contributed by atoms with van der Waals surface area (Å²) in [7, 11) is 0. The Morgan fingerprint density at radius 1 is 1.29 bits per heavy atom. The van der Waals surface area contributed by atoms with E-state index in [1.54, 1.807) is 0 Å². The molecule has 0 aliphatic carbocycles. The molecule has 0 aromatic heterocycles. The number of rotatable bonds is 9. The van der Waals surface area contributed by atoms with Gasteiger partial charge in [-0.05, 0) is 25.3 Å². The van der Waals surface area contributed by atoms with Gasteiger partial charge in [0.2, 0.25) is 0 Å². The number of nitrogens with one attached hydrogen (secondary N) is 1. The van der Waals surface area contributed by atoms with Crippen molar-refractivity contribution in [2.45, 2.75) is 58.9 Å². The first-order chi connectivity index (χ1) is 6.70. The minimum Gasteiger partial charge on any atom is -0.314 e. The van der Waals surface area contributed by atoms with E-state index >= 15 is 0 Å². The summed E-state index contributed by atoms with van der Waals surface area (Å²) in [6.45, 7) is 7.66. The van der Waals surface area contributed by atoms with E-state index in [4.69, 9.17) is 0 Å². The third-order valence-electron chi connectivity index (χ3n) is 2.32. The van der Waals surface area contributed by atoms with Crippen molar-refractivity contribution in [3.05, 3.63) is 0 Å². The second kappa shape index (κ2) is 9.20. The lowest BCUT2D eigenvalue weighted by Crippen LogP contribution is -2.32. The Balaban J connectivity index is 3.65. The minimum absolute atomic E-state index is 0.513. The molecule has 0 saturated carbocycles. The third-order valence-corrected chi connectivity index (χ3v) is 2.32. The molecule has 0 fully saturated rings. The third kappa shape index (κ3) is 8.24. The van der Waals surface area contributed by atoms with Gasteiger partial charge in [0.05, 0.1) is 0 Å². The standard InChI is InChI=1S/C12H24NO/c1-4-5-7-12(8-6-9-14)13-10-11(2)3/h11-13H,4-8,10H2,1-3H3. The molecule has 0 saturated heterocycles. The van der Waals surface area contributed by atoms with E-state index in [-0.39, 0.29) is 0 Å². The molecular formula is C12H24NO. The van der Waals surface area contributed by atoms with Crippen molar-refractivity contribution in [2.75, 3.05) is 6.54 Å². The average molecular weight is 198 g/mol. The zero-order valence-corrected chi connectivity index (χ0v) is 9.81. The summed E-state index contributed by atoms with van der Waals surface area (Å²) in [5, 5.41) is 3.51. The Kier molecular flexibility index (Phi) is 8.95. The van der Waals surface area contributed by atoms with E-state index in [9.17, 15) is 4.79 Å². The highest BCUT2D eigenvalue weighted by Crippen LogP contribution is 2.06. The maximum Gasteiger partial charge on any atom is 0.198 e. The molecule has 0 aliphatic heterocycles. The van der Waals surface area contributed by atoms with E-state index in [1.165, 1.54) is 19.3 Å². The summed E-state index contributed by atoms with van der Waals surface area (Å²) >= 11 is 0. The molecule has 0 aliphatic rings. The van der Waals surface area contributed by atoms with Gasteiger partial charge in [0.1, 0.15) is 0 Å². The highest BCUT2D eigenvalue weighted by molar-refractivity contribution is 5.50. The van der Waals surface area contributed by atoms with E-state index < -0.39 is 0 Å². The van der Waals surface area contributed by atoms with Gasteiger partial charge in [-0.15, -0.1) is 0 Å². The van der Waals surface area contributed by atoms with Gasteiger partial charge in [-0.2, -0.15) is 0 Å². The van der Waals surface area contributed by atoms with Crippen LogP contribution in [0.1, 0.15) is 52.9 Å². The summed E-state index contributed by atoms with van der Waals surface area (Å²) in [5.74, 6) is 0.680. The quantitative estimate of drug-likeness (QED) is 0.617. The number of carbonyl (C=O) groups excluding carboxylic acids is 1. The molecule has 83 valence electrons. The summed E-state index contributed by atoms with van der Waals surface area (Å²) in [4.78, 5) is 10.2. The van der Waals surface area contributed by atoms with Gasteiger partial charge >= 0.3 is 0 Å². The van der Waals surface area contributed by atoms with Crippen LogP contribution in [0.2, 0.25) is 0 Å². The first-order valence-electron chi connectivity index (χ1n) is 5.79. The Bertz CT molecular complexity index is 134. The van der Waals surface area contributed by atoms with Crippen LogP contribution in [-0.2, 0) is 4.79 Å². The number of unbranched alkanes of at least 4 members (excludes halogenated alkanes) is 1. The maximum absolute atomic E-state index is 10.2. The molecule has 1 radical (unpaired) electrons. The van der Waals surface area contributed by atoms with Crippen LogP contribution in [0.4, 0.5) is 0 Å². The van der Waals surface area contributed by atoms with Gasteiger partial charge < -0.3 is 5.32 Å². The SMILES string of the molecule is CCCCC(CC[C]=O)NCC(C)C. The van der Waals surface area contributed by atoms with Gasteiger partial charge in [-0.1, -0.05) is 33.6 Å². The molecular weight excluding hydrogens is 174 g/mol. The van der Waals surface area contributed by atoms with Crippen LogP contribution in [0.5, 0.6) is 0 Å². The van der Waals surface area contributed by atoms with Crippen LogP contribution in [0.3, 0.4) is 0 Å². The number of hydrogen-bond acceptors (Lipinski definition) is 2. The van der Waals surface area contributed by atoms with Crippen molar-refractivity contribution >= 4 is 6.29 Å². The van der Waals surface area contributed by atoms with Crippen molar-refractivity contribution in [3.8, 4) is 0 Å². The van der Waals surface area contributed by atoms with Crippen molar-refractivity contribution in [1.82, 2.24) is 5.32 Å². The topological polar surface area (TPSA) is 29.1 Å². The lowest BCUT2D eigenvalue weighted by Gasteiger charge is -2.18. The Hall–Kier alpha value is -0.370. The van der Waals surface area contributed by atoms with E-state index in [1.807, 2.05) is 6.29 Å².